The van der Waals surface area contributed by atoms with E-state index in [1.165, 1.54) is 14.0 Å². The Morgan fingerprint density at radius 1 is 1.00 bits per heavy atom. The smallest absolute Gasteiger partial charge is 0.410 e. The summed E-state index contributed by atoms with van der Waals surface area (Å²) in [6, 6.07) is 2.50. The monoisotopic (exact) mass is 826 g/mol. The molecule has 2 unspecified atom stereocenters. The van der Waals surface area contributed by atoms with Gasteiger partial charge in [-0.25, -0.2) is 14.8 Å². The van der Waals surface area contributed by atoms with Gasteiger partial charge in [-0.3, -0.25) is 14.4 Å². The number of aliphatic hydroxyl groups is 1. The summed E-state index contributed by atoms with van der Waals surface area (Å²) in [4.78, 5) is 69.0. The molecule has 16 nitrogen and oxygen atoms in total. The molecule has 59 heavy (non-hydrogen) atoms. The third-order valence-electron chi connectivity index (χ3n) is 12.9. The SMILES string of the molecule is CC[C@@H]1OC(=O)[C@H](C)C(=O)[C@H](C)C(OC2O[C@H](C)C[C@H](N(C)C)[C@H]2O)[C@@](C)(OC)C[C@@H](C)C(=O)[C@@H](C)[C@H]2N(CCCCn3cnc(-c4ccc(N)nc4)c3)C(=O)O[C@]12C. The molecule has 328 valence electrons. The number of anilines is 1. The highest BCUT2D eigenvalue weighted by Gasteiger charge is 2.60. The van der Waals surface area contributed by atoms with E-state index in [4.69, 9.17) is 29.4 Å². The van der Waals surface area contributed by atoms with Crippen LogP contribution in [0.1, 0.15) is 87.5 Å². The Morgan fingerprint density at radius 2 is 1.69 bits per heavy atom. The molecule has 0 bridgehead atoms. The average Bonchev–Trinajstić information content (AvgIpc) is 3.77. The number of nitrogens with zero attached hydrogens (tertiary/aromatic N) is 5. The molecule has 3 N–H and O–H groups in total. The summed E-state index contributed by atoms with van der Waals surface area (Å²) in [5.41, 5.74) is 4.66. The number of nitrogens with two attached hydrogens (primary N) is 1. The van der Waals surface area contributed by atoms with E-state index >= 15 is 0 Å². The van der Waals surface area contributed by atoms with E-state index in [1.807, 2.05) is 49.7 Å². The molecule has 0 spiro atoms. The Kier molecular flexibility index (Phi) is 14.7. The number of aliphatic hydroxyl groups excluding tert-OH is 1. The van der Waals surface area contributed by atoms with Crippen molar-refractivity contribution in [1.29, 1.82) is 0 Å². The summed E-state index contributed by atoms with van der Waals surface area (Å²) in [7, 11) is 5.23. The summed E-state index contributed by atoms with van der Waals surface area (Å²) in [5.74, 6) is -4.57. The first-order valence-corrected chi connectivity index (χ1v) is 21.0. The summed E-state index contributed by atoms with van der Waals surface area (Å²) >= 11 is 0. The molecule has 3 saturated heterocycles. The van der Waals surface area contributed by atoms with Gasteiger partial charge in [-0.15, -0.1) is 0 Å². The molecular weight excluding hydrogens is 761 g/mol. The fourth-order valence-electron chi connectivity index (χ4n) is 9.47. The van der Waals surface area contributed by atoms with Gasteiger partial charge in [-0.2, -0.15) is 0 Å². The normalized spacial score (nSPS) is 36.3. The van der Waals surface area contributed by atoms with E-state index < -0.39 is 83.4 Å². The number of unbranched alkanes of at least 4 members (excludes halogenated alkanes) is 1. The van der Waals surface area contributed by atoms with Crippen molar-refractivity contribution < 1.29 is 48.0 Å². The number of cyclic esters (lactones) is 1. The lowest BCUT2D eigenvalue weighted by atomic mass is 9.73. The Morgan fingerprint density at radius 3 is 2.32 bits per heavy atom. The number of aryl methyl sites for hydroxylation is 1. The van der Waals surface area contributed by atoms with Crippen LogP contribution < -0.4 is 5.73 Å². The van der Waals surface area contributed by atoms with Gasteiger partial charge in [-0.1, -0.05) is 27.7 Å². The zero-order valence-corrected chi connectivity index (χ0v) is 36.6. The number of amides is 1. The van der Waals surface area contributed by atoms with E-state index in [-0.39, 0.29) is 37.3 Å². The Labute approximate surface area is 348 Å². The van der Waals surface area contributed by atoms with Gasteiger partial charge < -0.3 is 48.9 Å². The van der Waals surface area contributed by atoms with Crippen LogP contribution in [0.25, 0.3) is 11.3 Å². The number of likely N-dealkylation sites (N-methyl/N-ethyl adjacent to an activating group) is 1. The Balaban J connectivity index is 1.43. The van der Waals surface area contributed by atoms with E-state index in [0.717, 1.165) is 11.3 Å². The van der Waals surface area contributed by atoms with Gasteiger partial charge in [0.25, 0.3) is 0 Å². The third-order valence-corrected chi connectivity index (χ3v) is 12.9. The summed E-state index contributed by atoms with van der Waals surface area (Å²) in [6.07, 6.45) is 2.50. The molecule has 0 radical (unpaired) electrons. The van der Waals surface area contributed by atoms with Gasteiger partial charge in [0.15, 0.2) is 17.7 Å². The number of carbonyl (C=O) groups excluding carboxylic acids is 4. The molecule has 2 aromatic rings. The molecule has 0 saturated carbocycles. The number of rotatable bonds is 11. The zero-order chi connectivity index (χ0) is 43.6. The molecule has 16 heteroatoms. The van der Waals surface area contributed by atoms with Gasteiger partial charge >= 0.3 is 12.1 Å². The lowest BCUT2D eigenvalue weighted by Crippen LogP contribution is -2.60. The number of hydrogen-bond donors (Lipinski definition) is 2. The fraction of sp³-hybridized carbons (Fsp3) is 0.721. The predicted molar refractivity (Wildman–Crippen MR) is 219 cm³/mol. The number of ketones is 2. The first-order valence-electron chi connectivity index (χ1n) is 21.0. The molecule has 5 heterocycles. The molecular formula is C43H66N6O10. The second-order valence-corrected chi connectivity index (χ2v) is 17.6. The van der Waals surface area contributed by atoms with Crippen LogP contribution in [0.3, 0.4) is 0 Å². The molecule has 0 aliphatic carbocycles. The minimum atomic E-state index is -1.41. The van der Waals surface area contributed by atoms with Gasteiger partial charge in [0, 0.05) is 62.0 Å². The maximum Gasteiger partial charge on any atom is 0.410 e. The number of ether oxygens (including phenoxy) is 5. The molecule has 3 aliphatic rings. The van der Waals surface area contributed by atoms with Crippen molar-refractivity contribution in [2.24, 2.45) is 23.7 Å². The Bertz CT molecular complexity index is 1790. The maximum absolute atomic E-state index is 14.7. The van der Waals surface area contributed by atoms with E-state index in [0.29, 0.717) is 31.6 Å². The van der Waals surface area contributed by atoms with Gasteiger partial charge in [0.2, 0.25) is 0 Å². The maximum atomic E-state index is 14.7. The third kappa shape index (κ3) is 9.67. The van der Waals surface area contributed by atoms with Gasteiger partial charge in [0.1, 0.15) is 29.7 Å². The minimum absolute atomic E-state index is 0.123. The number of imidazole rings is 1. The van der Waals surface area contributed by atoms with E-state index in [9.17, 15) is 24.3 Å². The zero-order valence-electron chi connectivity index (χ0n) is 36.6. The number of nitrogen functional groups attached to an aromatic ring is 1. The molecule has 13 atom stereocenters. The van der Waals surface area contributed by atoms with Crippen LogP contribution in [0, 0.1) is 23.7 Å². The quantitative estimate of drug-likeness (QED) is 0.182. The van der Waals surface area contributed by atoms with Crippen molar-refractivity contribution in [1.82, 2.24) is 24.3 Å². The van der Waals surface area contributed by atoms with Crippen molar-refractivity contribution >= 4 is 29.4 Å². The van der Waals surface area contributed by atoms with Crippen molar-refractivity contribution in [3.05, 3.63) is 30.9 Å². The van der Waals surface area contributed by atoms with Crippen LogP contribution >= 0.6 is 0 Å². The molecule has 1 amide bonds. The molecule has 0 aromatic carbocycles. The minimum Gasteiger partial charge on any atom is -0.458 e. The fourth-order valence-corrected chi connectivity index (χ4v) is 9.47. The van der Waals surface area contributed by atoms with Crippen LogP contribution in [0.4, 0.5) is 10.6 Å². The van der Waals surface area contributed by atoms with Crippen molar-refractivity contribution in [2.45, 2.75) is 148 Å². The first-order chi connectivity index (χ1) is 27.8. The van der Waals surface area contributed by atoms with Gasteiger partial charge in [-0.05, 0) is 86.0 Å². The van der Waals surface area contributed by atoms with Crippen LogP contribution in [-0.4, -0.2) is 135 Å². The molecule has 2 aromatic heterocycles. The van der Waals surface area contributed by atoms with Crippen molar-refractivity contribution in [3.8, 4) is 11.3 Å². The topological polar surface area (TPSA) is 198 Å². The number of Topliss-reactive ketones (excluding diaryl/α,β-unsaturated/α-hetero) is 2. The standard InChI is InChI=1S/C43H66N6O10/c1-12-32-43(8)37(49(41(54)59-43)18-14-13-17-48-22-30(46-23-48)29-15-16-33(44)45-21-29)26(4)34(50)24(2)20-42(7,55-11)38(27(5)35(51)28(6)39(53)57-32)58-40-36(52)31(47(9)10)19-25(3)56-40/h15-16,21-28,31-32,36-38,40,52H,12-14,17-20H2,1-11H3,(H2,44,45)/t24-,25-,26-,27+,28-,31+,32+,36-,37-,38?,40?,42+,43-/m1/s1. The van der Waals surface area contributed by atoms with Crippen LogP contribution in [0.15, 0.2) is 30.9 Å². The molecule has 3 fully saturated rings. The van der Waals surface area contributed by atoms with Crippen molar-refractivity contribution in [3.63, 3.8) is 0 Å². The summed E-state index contributed by atoms with van der Waals surface area (Å²) in [5, 5.41) is 11.4. The predicted octanol–water partition coefficient (Wildman–Crippen LogP) is 4.51. The number of aromatic nitrogens is 3. The van der Waals surface area contributed by atoms with E-state index in [1.54, 1.807) is 58.1 Å². The number of pyridine rings is 1. The van der Waals surface area contributed by atoms with Crippen LogP contribution in [0.5, 0.6) is 0 Å². The van der Waals surface area contributed by atoms with Crippen LogP contribution in [0.2, 0.25) is 0 Å². The summed E-state index contributed by atoms with van der Waals surface area (Å²) < 4.78 is 33.2. The highest BCUT2D eigenvalue weighted by Crippen LogP contribution is 2.43. The number of methoxy groups -OCH3 is 1. The lowest BCUT2D eigenvalue weighted by Gasteiger charge is -2.47. The molecule has 5 rings (SSSR count). The number of esters is 1. The van der Waals surface area contributed by atoms with Crippen LogP contribution in [-0.2, 0) is 44.6 Å². The Hall–Kier alpha value is -3.96. The average molecular weight is 827 g/mol. The molecule has 3 aliphatic heterocycles. The highest BCUT2D eigenvalue weighted by molar-refractivity contribution is 6.00. The number of hydrogen-bond acceptors (Lipinski definition) is 14. The largest absolute Gasteiger partial charge is 0.458 e. The first kappa shape index (κ1) is 46.1. The number of carbonyl (C=O) groups is 4. The van der Waals surface area contributed by atoms with Crippen molar-refractivity contribution in [2.75, 3.05) is 33.5 Å². The number of fused-ring (bicyclic) bond motifs is 1. The highest BCUT2D eigenvalue weighted by atomic mass is 16.7. The lowest BCUT2D eigenvalue weighted by molar-refractivity contribution is -0.295. The summed E-state index contributed by atoms with van der Waals surface area (Å²) in [6.45, 7) is 14.9. The second-order valence-electron chi connectivity index (χ2n) is 17.6. The van der Waals surface area contributed by atoms with Gasteiger partial charge in [0.05, 0.1) is 35.9 Å². The second kappa shape index (κ2) is 18.8. The van der Waals surface area contributed by atoms with E-state index in [2.05, 4.69) is 9.97 Å².